The maximum atomic E-state index is 6.16. The van der Waals surface area contributed by atoms with E-state index in [1.807, 2.05) is 12.1 Å². The summed E-state index contributed by atoms with van der Waals surface area (Å²) in [5, 5.41) is 4.30. The topological polar surface area (TPSA) is 12.0 Å². The summed E-state index contributed by atoms with van der Waals surface area (Å²) in [6.07, 6.45) is 0.959. The molecule has 0 saturated carbocycles. The average molecular weight is 353 g/mol. The molecule has 0 aliphatic carbocycles. The van der Waals surface area contributed by atoms with Crippen LogP contribution >= 0.6 is 27.5 Å². The van der Waals surface area contributed by atoms with Crippen LogP contribution in [-0.2, 0) is 6.42 Å². The molecule has 3 heteroatoms. The van der Waals surface area contributed by atoms with Gasteiger partial charge in [-0.3, -0.25) is 0 Å². The maximum absolute atomic E-state index is 6.16. The average Bonchev–Trinajstić information content (AvgIpc) is 2.39. The van der Waals surface area contributed by atoms with Crippen molar-refractivity contribution in [3.05, 3.63) is 68.7 Å². The molecule has 0 amide bonds. The summed E-state index contributed by atoms with van der Waals surface area (Å²) < 4.78 is 1.02. The lowest BCUT2D eigenvalue weighted by Crippen LogP contribution is -2.23. The molecule has 0 fully saturated rings. The van der Waals surface area contributed by atoms with Crippen molar-refractivity contribution in [2.24, 2.45) is 0 Å². The molecular weight excluding hydrogens is 334 g/mol. The highest BCUT2D eigenvalue weighted by atomic mass is 79.9. The lowest BCUT2D eigenvalue weighted by atomic mass is 9.98. The molecule has 1 unspecified atom stereocenters. The number of hydrogen-bond acceptors (Lipinski definition) is 1. The summed E-state index contributed by atoms with van der Waals surface area (Å²) in [6.45, 7) is 5.17. The van der Waals surface area contributed by atoms with E-state index < -0.39 is 0 Å². The van der Waals surface area contributed by atoms with Gasteiger partial charge in [-0.15, -0.1) is 0 Å². The summed E-state index contributed by atoms with van der Waals surface area (Å²) in [5.41, 5.74) is 3.84. The van der Waals surface area contributed by atoms with Crippen LogP contribution in [0, 0.1) is 6.92 Å². The Morgan fingerprint density at radius 2 is 1.85 bits per heavy atom. The minimum Gasteiger partial charge on any atom is -0.310 e. The molecule has 2 rings (SSSR count). The highest BCUT2D eigenvalue weighted by Gasteiger charge is 2.12. The molecule has 0 bridgehead atoms. The van der Waals surface area contributed by atoms with E-state index in [0.717, 1.165) is 22.5 Å². The highest BCUT2D eigenvalue weighted by molar-refractivity contribution is 9.10. The Morgan fingerprint density at radius 3 is 2.45 bits per heavy atom. The van der Waals surface area contributed by atoms with Crippen molar-refractivity contribution in [2.45, 2.75) is 26.3 Å². The third-order valence-electron chi connectivity index (χ3n) is 3.30. The first-order valence-electron chi connectivity index (χ1n) is 6.83. The van der Waals surface area contributed by atoms with Crippen molar-refractivity contribution < 1.29 is 0 Å². The van der Waals surface area contributed by atoms with Crippen molar-refractivity contribution >= 4 is 27.5 Å². The van der Waals surface area contributed by atoms with Crippen LogP contribution in [0.3, 0.4) is 0 Å². The zero-order valence-corrected chi connectivity index (χ0v) is 14.1. The van der Waals surface area contributed by atoms with Crippen LogP contribution in [0.5, 0.6) is 0 Å². The zero-order valence-electron chi connectivity index (χ0n) is 11.8. The van der Waals surface area contributed by atoms with Gasteiger partial charge in [0, 0.05) is 15.5 Å². The number of benzene rings is 2. The molecule has 0 aromatic heterocycles. The standard InChI is InChI=1S/C17H19BrClN/c1-3-20-17(8-13-6-4-12(2)5-7-13)14-9-15(18)11-16(19)10-14/h4-7,9-11,17,20H,3,8H2,1-2H3. The molecule has 1 nitrogen and oxygen atoms in total. The molecule has 0 aliphatic rings. The molecule has 106 valence electrons. The quantitative estimate of drug-likeness (QED) is 0.769. The van der Waals surface area contributed by atoms with Crippen LogP contribution in [-0.4, -0.2) is 6.54 Å². The van der Waals surface area contributed by atoms with Crippen LogP contribution in [0.2, 0.25) is 5.02 Å². The third kappa shape index (κ3) is 4.34. The number of aryl methyl sites for hydroxylation is 1. The fraction of sp³-hybridized carbons (Fsp3) is 0.294. The Hall–Kier alpha value is -0.830. The molecule has 1 N–H and O–H groups in total. The molecule has 0 aliphatic heterocycles. The van der Waals surface area contributed by atoms with Crippen molar-refractivity contribution in [1.29, 1.82) is 0 Å². The van der Waals surface area contributed by atoms with Crippen molar-refractivity contribution in [3.8, 4) is 0 Å². The summed E-state index contributed by atoms with van der Waals surface area (Å²) in [7, 11) is 0. The van der Waals surface area contributed by atoms with Gasteiger partial charge in [-0.2, -0.15) is 0 Å². The predicted molar refractivity (Wildman–Crippen MR) is 90.5 cm³/mol. The Morgan fingerprint density at radius 1 is 1.15 bits per heavy atom. The second-order valence-electron chi connectivity index (χ2n) is 5.00. The van der Waals surface area contributed by atoms with Gasteiger partial charge in [0.2, 0.25) is 0 Å². The first kappa shape index (κ1) is 15.6. The van der Waals surface area contributed by atoms with E-state index in [4.69, 9.17) is 11.6 Å². The van der Waals surface area contributed by atoms with Gasteiger partial charge in [0.1, 0.15) is 0 Å². The fourth-order valence-electron chi connectivity index (χ4n) is 2.29. The van der Waals surface area contributed by atoms with Crippen LogP contribution in [0.25, 0.3) is 0 Å². The monoisotopic (exact) mass is 351 g/mol. The molecule has 2 aromatic carbocycles. The molecule has 2 aromatic rings. The SMILES string of the molecule is CCNC(Cc1ccc(C)cc1)c1cc(Cl)cc(Br)c1. The van der Waals surface area contributed by atoms with Gasteiger partial charge in [0.15, 0.2) is 0 Å². The maximum Gasteiger partial charge on any atom is 0.0420 e. The smallest absolute Gasteiger partial charge is 0.0420 e. The van der Waals surface area contributed by atoms with E-state index in [2.05, 4.69) is 65.4 Å². The second-order valence-corrected chi connectivity index (χ2v) is 6.35. The van der Waals surface area contributed by atoms with Gasteiger partial charge in [-0.1, -0.05) is 64.3 Å². The van der Waals surface area contributed by atoms with Crippen LogP contribution in [0.1, 0.15) is 29.7 Å². The summed E-state index contributed by atoms with van der Waals surface area (Å²) in [5.74, 6) is 0. The van der Waals surface area contributed by atoms with E-state index in [-0.39, 0.29) is 6.04 Å². The molecule has 1 atom stereocenters. The number of likely N-dealkylation sites (N-methyl/N-ethyl adjacent to an activating group) is 1. The Labute approximate surface area is 134 Å². The Balaban J connectivity index is 2.23. The van der Waals surface area contributed by atoms with Crippen molar-refractivity contribution in [1.82, 2.24) is 5.32 Å². The van der Waals surface area contributed by atoms with Crippen LogP contribution in [0.15, 0.2) is 46.9 Å². The van der Waals surface area contributed by atoms with Gasteiger partial charge in [-0.05, 0) is 49.2 Å². The number of nitrogens with one attached hydrogen (secondary N) is 1. The lowest BCUT2D eigenvalue weighted by Gasteiger charge is -2.19. The van der Waals surface area contributed by atoms with Gasteiger partial charge < -0.3 is 5.32 Å². The van der Waals surface area contributed by atoms with E-state index in [0.29, 0.717) is 0 Å². The number of rotatable bonds is 5. The van der Waals surface area contributed by atoms with Gasteiger partial charge in [0.05, 0.1) is 0 Å². The van der Waals surface area contributed by atoms with E-state index in [1.54, 1.807) is 0 Å². The third-order valence-corrected chi connectivity index (χ3v) is 3.97. The molecule has 0 saturated heterocycles. The van der Waals surface area contributed by atoms with E-state index in [1.165, 1.54) is 16.7 Å². The van der Waals surface area contributed by atoms with Crippen LogP contribution in [0.4, 0.5) is 0 Å². The van der Waals surface area contributed by atoms with E-state index >= 15 is 0 Å². The normalized spacial score (nSPS) is 12.4. The van der Waals surface area contributed by atoms with Crippen molar-refractivity contribution in [3.63, 3.8) is 0 Å². The minimum atomic E-state index is 0.276. The minimum absolute atomic E-state index is 0.276. The summed E-state index contributed by atoms with van der Waals surface area (Å²) in [4.78, 5) is 0. The summed E-state index contributed by atoms with van der Waals surface area (Å²) >= 11 is 9.68. The number of halogens is 2. The molecular formula is C17H19BrClN. The molecule has 0 heterocycles. The fourth-order valence-corrected chi connectivity index (χ4v) is 3.18. The van der Waals surface area contributed by atoms with Gasteiger partial charge in [0.25, 0.3) is 0 Å². The van der Waals surface area contributed by atoms with E-state index in [9.17, 15) is 0 Å². The zero-order chi connectivity index (χ0) is 14.5. The van der Waals surface area contributed by atoms with Gasteiger partial charge >= 0.3 is 0 Å². The Kier molecular flexibility index (Phi) is 5.64. The Bertz CT molecular complexity index is 545. The van der Waals surface area contributed by atoms with Crippen molar-refractivity contribution in [2.75, 3.05) is 6.54 Å². The predicted octanol–water partition coefficient (Wildman–Crippen LogP) is 5.30. The summed E-state index contributed by atoms with van der Waals surface area (Å²) in [6, 6.07) is 15.1. The number of hydrogen-bond donors (Lipinski definition) is 1. The van der Waals surface area contributed by atoms with Crippen LogP contribution < -0.4 is 5.32 Å². The molecule has 20 heavy (non-hydrogen) atoms. The second kappa shape index (κ2) is 7.26. The lowest BCUT2D eigenvalue weighted by molar-refractivity contribution is 0.549. The highest BCUT2D eigenvalue weighted by Crippen LogP contribution is 2.26. The molecule has 0 radical (unpaired) electrons. The first-order valence-corrected chi connectivity index (χ1v) is 8.00. The van der Waals surface area contributed by atoms with Gasteiger partial charge in [-0.25, -0.2) is 0 Å². The first-order chi connectivity index (χ1) is 9.58. The largest absolute Gasteiger partial charge is 0.310 e. The molecule has 0 spiro atoms.